The van der Waals surface area contributed by atoms with Crippen LogP contribution in [0.3, 0.4) is 0 Å². The lowest BCUT2D eigenvalue weighted by Gasteiger charge is -2.08. The van der Waals surface area contributed by atoms with Crippen LogP contribution < -0.4 is 5.73 Å². The molecule has 4 aromatic heterocycles. The summed E-state index contributed by atoms with van der Waals surface area (Å²) in [4.78, 5) is 16.6. The predicted octanol–water partition coefficient (Wildman–Crippen LogP) is 2.75. The van der Waals surface area contributed by atoms with Crippen LogP contribution in [0.1, 0.15) is 30.6 Å². The first-order valence-corrected chi connectivity index (χ1v) is 8.57. The summed E-state index contributed by atoms with van der Waals surface area (Å²) in [5, 5.41) is 9.19. The number of anilines is 1. The van der Waals surface area contributed by atoms with Crippen LogP contribution >= 0.6 is 0 Å². The molecule has 0 unspecified atom stereocenters. The molecule has 0 saturated heterocycles. The minimum atomic E-state index is 0.273. The zero-order valence-electron chi connectivity index (χ0n) is 15.0. The molecule has 8 nitrogen and oxygen atoms in total. The van der Waals surface area contributed by atoms with Gasteiger partial charge in [0.1, 0.15) is 23.1 Å². The van der Waals surface area contributed by atoms with Crippen LogP contribution in [0.2, 0.25) is 0 Å². The average molecular weight is 348 g/mol. The standard InChI is InChI=1S/C18H20N8/c1-4-5-12-8-21-18(19)23-16(12)14-9-20-17-13(14)6-7-15(22-17)26-10(2)24-25-11(26)3/h6-9H,4-5H2,1-3H3,(H,20,22)(H2,19,21,23). The van der Waals surface area contributed by atoms with Gasteiger partial charge >= 0.3 is 0 Å². The maximum absolute atomic E-state index is 5.83. The van der Waals surface area contributed by atoms with E-state index in [1.54, 1.807) is 0 Å². The quantitative estimate of drug-likeness (QED) is 0.586. The van der Waals surface area contributed by atoms with Crippen molar-refractivity contribution in [3.8, 4) is 17.1 Å². The van der Waals surface area contributed by atoms with Gasteiger partial charge in [-0.15, -0.1) is 10.2 Å². The number of aromatic amines is 1. The van der Waals surface area contributed by atoms with Gasteiger partial charge < -0.3 is 10.7 Å². The fourth-order valence-electron chi connectivity index (χ4n) is 3.22. The first-order chi connectivity index (χ1) is 12.6. The van der Waals surface area contributed by atoms with Gasteiger partial charge in [0, 0.05) is 23.3 Å². The summed E-state index contributed by atoms with van der Waals surface area (Å²) in [6.07, 6.45) is 5.64. The number of nitrogens with zero attached hydrogens (tertiary/aromatic N) is 6. The minimum Gasteiger partial charge on any atom is -0.368 e. The Labute approximate surface area is 150 Å². The van der Waals surface area contributed by atoms with Gasteiger partial charge in [-0.2, -0.15) is 0 Å². The summed E-state index contributed by atoms with van der Waals surface area (Å²) in [6, 6.07) is 4.00. The van der Waals surface area contributed by atoms with Crippen molar-refractivity contribution < 1.29 is 0 Å². The Morgan fingerprint density at radius 2 is 1.88 bits per heavy atom. The zero-order valence-corrected chi connectivity index (χ0v) is 15.0. The number of nitrogens with two attached hydrogens (primary N) is 1. The summed E-state index contributed by atoms with van der Waals surface area (Å²) in [5.41, 5.74) is 9.53. The number of pyridine rings is 1. The van der Waals surface area contributed by atoms with Gasteiger partial charge in [0.2, 0.25) is 5.95 Å². The highest BCUT2D eigenvalue weighted by Crippen LogP contribution is 2.30. The Hall–Kier alpha value is -3.29. The molecule has 4 aromatic rings. The third kappa shape index (κ3) is 2.59. The Morgan fingerprint density at radius 1 is 1.12 bits per heavy atom. The lowest BCUT2D eigenvalue weighted by molar-refractivity contribution is 0.904. The molecule has 4 heterocycles. The topological polar surface area (TPSA) is 111 Å². The third-order valence-corrected chi connectivity index (χ3v) is 4.40. The molecule has 0 atom stereocenters. The number of hydrogen-bond donors (Lipinski definition) is 2. The Kier molecular flexibility index (Phi) is 3.87. The monoisotopic (exact) mass is 348 g/mol. The van der Waals surface area contributed by atoms with Gasteiger partial charge in [0.05, 0.1) is 5.69 Å². The SMILES string of the molecule is CCCc1cnc(N)nc1-c1c[nH]c2nc(-n3c(C)nnc3C)ccc12. The van der Waals surface area contributed by atoms with E-state index in [1.807, 2.05) is 42.9 Å². The van der Waals surface area contributed by atoms with E-state index >= 15 is 0 Å². The van der Waals surface area contributed by atoms with E-state index < -0.39 is 0 Å². The number of aryl methyl sites for hydroxylation is 3. The van der Waals surface area contributed by atoms with Crippen LogP contribution in [0.25, 0.3) is 28.1 Å². The van der Waals surface area contributed by atoms with Gasteiger partial charge in [-0.3, -0.25) is 4.57 Å². The number of nitrogen functional groups attached to an aromatic ring is 1. The van der Waals surface area contributed by atoms with Crippen molar-refractivity contribution in [2.24, 2.45) is 0 Å². The molecule has 0 aliphatic heterocycles. The highest BCUT2D eigenvalue weighted by Gasteiger charge is 2.15. The fourth-order valence-corrected chi connectivity index (χ4v) is 3.22. The van der Waals surface area contributed by atoms with Crippen molar-refractivity contribution in [2.75, 3.05) is 5.73 Å². The largest absolute Gasteiger partial charge is 0.368 e. The van der Waals surface area contributed by atoms with Crippen LogP contribution in [0.5, 0.6) is 0 Å². The van der Waals surface area contributed by atoms with E-state index in [9.17, 15) is 0 Å². The highest BCUT2D eigenvalue weighted by molar-refractivity contribution is 5.93. The molecule has 0 aliphatic rings. The second kappa shape index (κ2) is 6.21. The molecule has 0 bridgehead atoms. The average Bonchev–Trinajstić information content (AvgIpc) is 3.19. The Bertz CT molecular complexity index is 1070. The summed E-state index contributed by atoms with van der Waals surface area (Å²) in [5.74, 6) is 2.65. The lowest BCUT2D eigenvalue weighted by Crippen LogP contribution is -2.02. The summed E-state index contributed by atoms with van der Waals surface area (Å²) in [7, 11) is 0. The maximum Gasteiger partial charge on any atom is 0.220 e. The number of hydrogen-bond acceptors (Lipinski definition) is 6. The normalized spacial score (nSPS) is 11.3. The van der Waals surface area contributed by atoms with Crippen molar-refractivity contribution >= 4 is 17.0 Å². The summed E-state index contributed by atoms with van der Waals surface area (Å²) in [6.45, 7) is 5.95. The van der Waals surface area contributed by atoms with Crippen LogP contribution in [-0.4, -0.2) is 34.7 Å². The molecular formula is C18H20N8. The molecule has 0 saturated carbocycles. The number of nitrogens with one attached hydrogen (secondary N) is 1. The molecule has 0 fully saturated rings. The highest BCUT2D eigenvalue weighted by atomic mass is 15.3. The molecule has 132 valence electrons. The Morgan fingerprint density at radius 3 is 2.62 bits per heavy atom. The molecule has 4 rings (SSSR count). The van der Waals surface area contributed by atoms with Crippen molar-refractivity contribution in [2.45, 2.75) is 33.6 Å². The Balaban J connectivity index is 1.86. The van der Waals surface area contributed by atoms with Crippen molar-refractivity contribution in [1.29, 1.82) is 0 Å². The third-order valence-electron chi connectivity index (χ3n) is 4.40. The van der Waals surface area contributed by atoms with E-state index in [2.05, 4.69) is 32.1 Å². The van der Waals surface area contributed by atoms with Gasteiger partial charge in [-0.1, -0.05) is 13.3 Å². The molecule has 0 radical (unpaired) electrons. The number of H-pyrrole nitrogens is 1. The van der Waals surface area contributed by atoms with Crippen LogP contribution in [0, 0.1) is 13.8 Å². The molecule has 0 aromatic carbocycles. The maximum atomic E-state index is 5.83. The minimum absolute atomic E-state index is 0.273. The number of fused-ring (bicyclic) bond motifs is 1. The molecule has 0 aliphatic carbocycles. The van der Waals surface area contributed by atoms with Gasteiger partial charge in [0.25, 0.3) is 0 Å². The first-order valence-electron chi connectivity index (χ1n) is 8.57. The number of aromatic nitrogens is 7. The lowest BCUT2D eigenvalue weighted by atomic mass is 10.0. The number of rotatable bonds is 4. The fraction of sp³-hybridized carbons (Fsp3) is 0.278. The van der Waals surface area contributed by atoms with E-state index in [0.29, 0.717) is 0 Å². The van der Waals surface area contributed by atoms with Crippen LogP contribution in [0.15, 0.2) is 24.5 Å². The second-order valence-electron chi connectivity index (χ2n) is 6.25. The van der Waals surface area contributed by atoms with Crippen LogP contribution in [0.4, 0.5) is 5.95 Å². The van der Waals surface area contributed by atoms with E-state index in [0.717, 1.165) is 58.2 Å². The second-order valence-corrected chi connectivity index (χ2v) is 6.25. The molecule has 0 spiro atoms. The summed E-state index contributed by atoms with van der Waals surface area (Å²) >= 11 is 0. The van der Waals surface area contributed by atoms with Crippen molar-refractivity contribution in [3.63, 3.8) is 0 Å². The first kappa shape index (κ1) is 16.2. The smallest absolute Gasteiger partial charge is 0.220 e. The van der Waals surface area contributed by atoms with E-state index in [-0.39, 0.29) is 5.95 Å². The molecule has 0 amide bonds. The molecule has 3 N–H and O–H groups in total. The predicted molar refractivity (Wildman–Crippen MR) is 99.9 cm³/mol. The van der Waals surface area contributed by atoms with Crippen molar-refractivity contribution in [1.82, 2.24) is 34.7 Å². The molecule has 8 heteroatoms. The zero-order chi connectivity index (χ0) is 18.3. The van der Waals surface area contributed by atoms with Crippen LogP contribution in [-0.2, 0) is 6.42 Å². The van der Waals surface area contributed by atoms with E-state index in [1.165, 1.54) is 0 Å². The van der Waals surface area contributed by atoms with Gasteiger partial charge in [-0.05, 0) is 38.0 Å². The molecular weight excluding hydrogens is 328 g/mol. The van der Waals surface area contributed by atoms with Gasteiger partial charge in [0.15, 0.2) is 0 Å². The summed E-state index contributed by atoms with van der Waals surface area (Å²) < 4.78 is 1.92. The molecule has 26 heavy (non-hydrogen) atoms. The van der Waals surface area contributed by atoms with Crippen molar-refractivity contribution in [3.05, 3.63) is 41.7 Å². The van der Waals surface area contributed by atoms with E-state index in [4.69, 9.17) is 10.7 Å². The van der Waals surface area contributed by atoms with Gasteiger partial charge in [-0.25, -0.2) is 15.0 Å².